The van der Waals surface area contributed by atoms with Gasteiger partial charge in [0.1, 0.15) is 12.2 Å². The fourth-order valence-electron chi connectivity index (χ4n) is 1.46. The molecule has 0 aromatic heterocycles. The van der Waals surface area contributed by atoms with Crippen molar-refractivity contribution in [3.63, 3.8) is 0 Å². The fourth-order valence-corrected chi connectivity index (χ4v) is 1.46. The van der Waals surface area contributed by atoms with Crippen LogP contribution < -0.4 is 0 Å². The molecule has 0 aliphatic rings. The molecule has 0 amide bonds. The first kappa shape index (κ1) is 18.2. The van der Waals surface area contributed by atoms with Gasteiger partial charge in [-0.3, -0.25) is 0 Å². The Morgan fingerprint density at radius 1 is 1.00 bits per heavy atom. The predicted molar refractivity (Wildman–Crippen MR) is 82.9 cm³/mol. The van der Waals surface area contributed by atoms with Gasteiger partial charge in [-0.2, -0.15) is 0 Å². The van der Waals surface area contributed by atoms with E-state index < -0.39 is 17.5 Å². The number of rotatable bonds is 7. The maximum atomic E-state index is 12.1. The molecule has 0 radical (unpaired) electrons. The van der Waals surface area contributed by atoms with E-state index in [1.165, 1.54) is 7.11 Å². The molecule has 0 N–H and O–H groups in total. The highest BCUT2D eigenvalue weighted by molar-refractivity contribution is 5.93. The summed E-state index contributed by atoms with van der Waals surface area (Å²) >= 11 is 0. The van der Waals surface area contributed by atoms with Gasteiger partial charge >= 0.3 is 11.9 Å². The van der Waals surface area contributed by atoms with Crippen molar-refractivity contribution in [3.05, 3.63) is 35.4 Å². The molecule has 0 unspecified atom stereocenters. The summed E-state index contributed by atoms with van der Waals surface area (Å²) in [6, 6.07) is 6.22. The molecule has 0 aliphatic heterocycles. The van der Waals surface area contributed by atoms with Crippen LogP contribution in [0.25, 0.3) is 0 Å². The molecular weight excluding hydrogens is 284 g/mol. The van der Waals surface area contributed by atoms with Crippen LogP contribution in [0.3, 0.4) is 0 Å². The zero-order valence-electron chi connectivity index (χ0n) is 13.8. The Morgan fingerprint density at radius 2 is 1.50 bits per heavy atom. The van der Waals surface area contributed by atoms with E-state index in [0.29, 0.717) is 17.7 Å². The van der Waals surface area contributed by atoms with Gasteiger partial charge in [-0.1, -0.05) is 13.8 Å². The maximum absolute atomic E-state index is 12.1. The van der Waals surface area contributed by atoms with Gasteiger partial charge in [0, 0.05) is 7.11 Å². The van der Waals surface area contributed by atoms with Crippen LogP contribution in [-0.2, 0) is 14.2 Å². The van der Waals surface area contributed by atoms with Crippen molar-refractivity contribution in [2.45, 2.75) is 33.3 Å². The van der Waals surface area contributed by atoms with Crippen molar-refractivity contribution in [2.75, 3.05) is 20.3 Å². The highest BCUT2D eigenvalue weighted by Gasteiger charge is 2.27. The van der Waals surface area contributed by atoms with Gasteiger partial charge in [0.15, 0.2) is 0 Å². The summed E-state index contributed by atoms with van der Waals surface area (Å²) in [6.45, 7) is 8.27. The summed E-state index contributed by atoms with van der Waals surface area (Å²) in [7, 11) is 1.53. The van der Waals surface area contributed by atoms with Crippen LogP contribution >= 0.6 is 0 Å². The number of carbonyl (C=O) groups excluding carboxylic acids is 2. The minimum atomic E-state index is -0.547. The maximum Gasteiger partial charge on any atom is 0.338 e. The lowest BCUT2D eigenvalue weighted by Gasteiger charge is -2.29. The number of carbonyl (C=O) groups is 2. The molecule has 0 bridgehead atoms. The molecule has 0 heterocycles. The summed E-state index contributed by atoms with van der Waals surface area (Å²) < 4.78 is 15.3. The van der Waals surface area contributed by atoms with Crippen LogP contribution in [0, 0.1) is 5.92 Å². The zero-order valence-corrected chi connectivity index (χ0v) is 13.8. The average molecular weight is 308 g/mol. The Balaban J connectivity index is 2.68. The molecule has 0 fully saturated rings. The monoisotopic (exact) mass is 308 g/mol. The van der Waals surface area contributed by atoms with Crippen LogP contribution in [0.5, 0.6) is 0 Å². The standard InChI is InChI=1S/C17H24O5/c1-12(2)17(3,4)22-16(19)14-8-6-13(7-9-14)15(18)21-11-10-20-5/h6-9,12H,10-11H2,1-5H3. The van der Waals surface area contributed by atoms with E-state index in [1.807, 2.05) is 27.7 Å². The van der Waals surface area contributed by atoms with Crippen molar-refractivity contribution in [3.8, 4) is 0 Å². The fraction of sp³-hybridized carbons (Fsp3) is 0.529. The van der Waals surface area contributed by atoms with Crippen LogP contribution in [0.2, 0.25) is 0 Å². The smallest absolute Gasteiger partial charge is 0.338 e. The molecule has 122 valence electrons. The Bertz CT molecular complexity index is 502. The van der Waals surface area contributed by atoms with E-state index in [9.17, 15) is 9.59 Å². The normalized spacial score (nSPS) is 11.4. The number of methoxy groups -OCH3 is 1. The molecule has 0 aliphatic carbocycles. The molecule has 1 rings (SSSR count). The predicted octanol–water partition coefficient (Wildman–Crippen LogP) is 3.08. The third-order valence-electron chi connectivity index (χ3n) is 3.62. The van der Waals surface area contributed by atoms with E-state index in [2.05, 4.69) is 0 Å². The van der Waals surface area contributed by atoms with Crippen molar-refractivity contribution in [1.82, 2.24) is 0 Å². The van der Waals surface area contributed by atoms with Gasteiger partial charge in [-0.25, -0.2) is 9.59 Å². The Kier molecular flexibility index (Phi) is 6.56. The third-order valence-corrected chi connectivity index (χ3v) is 3.62. The van der Waals surface area contributed by atoms with Crippen LogP contribution in [0.1, 0.15) is 48.4 Å². The first-order chi connectivity index (χ1) is 10.3. The molecule has 0 saturated carbocycles. The number of benzene rings is 1. The van der Waals surface area contributed by atoms with Crippen molar-refractivity contribution in [2.24, 2.45) is 5.92 Å². The molecule has 0 spiro atoms. The van der Waals surface area contributed by atoms with Gasteiger partial charge in [0.2, 0.25) is 0 Å². The lowest BCUT2D eigenvalue weighted by atomic mass is 9.94. The lowest BCUT2D eigenvalue weighted by Crippen LogP contribution is -2.33. The van der Waals surface area contributed by atoms with Crippen LogP contribution in [0.4, 0.5) is 0 Å². The summed E-state index contributed by atoms with van der Waals surface area (Å²) in [5.41, 5.74) is 0.243. The van der Waals surface area contributed by atoms with Crippen LogP contribution in [-0.4, -0.2) is 37.9 Å². The topological polar surface area (TPSA) is 61.8 Å². The lowest BCUT2D eigenvalue weighted by molar-refractivity contribution is -0.0222. The highest BCUT2D eigenvalue weighted by atomic mass is 16.6. The van der Waals surface area contributed by atoms with E-state index in [1.54, 1.807) is 24.3 Å². The number of hydrogen-bond acceptors (Lipinski definition) is 5. The number of esters is 2. The number of hydrogen-bond donors (Lipinski definition) is 0. The summed E-state index contributed by atoms with van der Waals surface area (Å²) in [6.07, 6.45) is 0. The van der Waals surface area contributed by atoms with E-state index in [-0.39, 0.29) is 12.5 Å². The average Bonchev–Trinajstić information content (AvgIpc) is 2.47. The molecular formula is C17H24O5. The van der Waals surface area contributed by atoms with Crippen molar-refractivity contribution >= 4 is 11.9 Å². The number of ether oxygens (including phenoxy) is 3. The summed E-state index contributed by atoms with van der Waals surface area (Å²) in [4.78, 5) is 23.8. The summed E-state index contributed by atoms with van der Waals surface area (Å²) in [5, 5.41) is 0. The second-order valence-electron chi connectivity index (χ2n) is 5.85. The largest absolute Gasteiger partial charge is 0.460 e. The minimum Gasteiger partial charge on any atom is -0.460 e. The Hall–Kier alpha value is -1.88. The van der Waals surface area contributed by atoms with Gasteiger partial charge in [0.05, 0.1) is 17.7 Å². The highest BCUT2D eigenvalue weighted by Crippen LogP contribution is 2.22. The van der Waals surface area contributed by atoms with E-state index in [0.717, 1.165) is 0 Å². The molecule has 0 saturated heterocycles. The van der Waals surface area contributed by atoms with Crippen LogP contribution in [0.15, 0.2) is 24.3 Å². The molecule has 1 aromatic rings. The molecule has 22 heavy (non-hydrogen) atoms. The minimum absolute atomic E-state index is 0.196. The quantitative estimate of drug-likeness (QED) is 0.572. The Labute approximate surface area is 131 Å². The van der Waals surface area contributed by atoms with Gasteiger partial charge in [0.25, 0.3) is 0 Å². The molecule has 5 nitrogen and oxygen atoms in total. The summed E-state index contributed by atoms with van der Waals surface area (Å²) in [5.74, 6) is -0.649. The van der Waals surface area contributed by atoms with Gasteiger partial charge in [-0.05, 0) is 44.0 Å². The first-order valence-electron chi connectivity index (χ1n) is 7.27. The second-order valence-corrected chi connectivity index (χ2v) is 5.85. The zero-order chi connectivity index (χ0) is 16.8. The van der Waals surface area contributed by atoms with E-state index >= 15 is 0 Å². The SMILES string of the molecule is COCCOC(=O)c1ccc(C(=O)OC(C)(C)C(C)C)cc1. The van der Waals surface area contributed by atoms with E-state index in [4.69, 9.17) is 14.2 Å². The molecule has 5 heteroatoms. The third kappa shape index (κ3) is 5.15. The van der Waals surface area contributed by atoms with Crippen molar-refractivity contribution in [1.29, 1.82) is 0 Å². The Morgan fingerprint density at radius 3 is 1.95 bits per heavy atom. The second kappa shape index (κ2) is 7.94. The molecule has 1 aromatic carbocycles. The first-order valence-corrected chi connectivity index (χ1v) is 7.27. The van der Waals surface area contributed by atoms with Crippen molar-refractivity contribution < 1.29 is 23.8 Å². The van der Waals surface area contributed by atoms with Gasteiger partial charge in [-0.15, -0.1) is 0 Å². The van der Waals surface area contributed by atoms with Gasteiger partial charge < -0.3 is 14.2 Å². The molecule has 0 atom stereocenters.